The van der Waals surface area contributed by atoms with Crippen LogP contribution in [0, 0.1) is 5.82 Å². The van der Waals surface area contributed by atoms with Gasteiger partial charge in [0.15, 0.2) is 0 Å². The highest BCUT2D eigenvalue weighted by molar-refractivity contribution is 5.81. The number of hydrogen-bond donors (Lipinski definition) is 1. The van der Waals surface area contributed by atoms with Crippen molar-refractivity contribution < 1.29 is 14.0 Å². The van der Waals surface area contributed by atoms with Gasteiger partial charge in [0, 0.05) is 45.2 Å². The van der Waals surface area contributed by atoms with E-state index in [4.69, 9.17) is 0 Å². The molecule has 0 spiro atoms. The van der Waals surface area contributed by atoms with Gasteiger partial charge in [-0.2, -0.15) is 0 Å². The van der Waals surface area contributed by atoms with Crippen molar-refractivity contribution in [1.82, 2.24) is 15.1 Å². The van der Waals surface area contributed by atoms with Gasteiger partial charge in [-0.05, 0) is 13.0 Å². The molecule has 1 saturated heterocycles. The Morgan fingerprint density at radius 2 is 1.86 bits per heavy atom. The van der Waals surface area contributed by atoms with E-state index in [2.05, 4.69) is 5.32 Å². The lowest BCUT2D eigenvalue weighted by Crippen LogP contribution is -2.54. The number of piperazine rings is 1. The van der Waals surface area contributed by atoms with Crippen LogP contribution in [0.25, 0.3) is 0 Å². The summed E-state index contributed by atoms with van der Waals surface area (Å²) in [6, 6.07) is 6.12. The van der Waals surface area contributed by atoms with Crippen LogP contribution in [0.3, 0.4) is 0 Å². The number of rotatable bonds is 4. The van der Waals surface area contributed by atoms with Crippen molar-refractivity contribution in [2.75, 3.05) is 26.2 Å². The molecular formula is C16H22FN3O2. The fourth-order valence-corrected chi connectivity index (χ4v) is 2.56. The van der Waals surface area contributed by atoms with Crippen molar-refractivity contribution in [3.05, 3.63) is 35.6 Å². The zero-order chi connectivity index (χ0) is 16.1. The predicted octanol–water partition coefficient (Wildman–Crippen LogP) is 0.994. The molecule has 1 aliphatic heterocycles. The highest BCUT2D eigenvalue weighted by Gasteiger charge is 2.26. The molecule has 0 bridgehead atoms. The van der Waals surface area contributed by atoms with Crippen molar-refractivity contribution in [2.24, 2.45) is 0 Å². The fraction of sp³-hybridized carbons (Fsp3) is 0.500. The molecule has 0 radical (unpaired) electrons. The second-order valence-electron chi connectivity index (χ2n) is 5.53. The van der Waals surface area contributed by atoms with Gasteiger partial charge in [0.2, 0.25) is 11.8 Å². The number of benzene rings is 1. The molecular weight excluding hydrogens is 285 g/mol. The third-order valence-electron chi connectivity index (χ3n) is 4.10. The van der Waals surface area contributed by atoms with E-state index in [-0.39, 0.29) is 30.2 Å². The minimum Gasteiger partial charge on any atom is -0.351 e. The molecule has 1 unspecified atom stereocenters. The van der Waals surface area contributed by atoms with E-state index in [9.17, 15) is 14.0 Å². The van der Waals surface area contributed by atoms with E-state index < -0.39 is 0 Å². The van der Waals surface area contributed by atoms with Crippen molar-refractivity contribution in [2.45, 2.75) is 26.4 Å². The third-order valence-corrected chi connectivity index (χ3v) is 4.10. The Morgan fingerprint density at radius 1 is 1.23 bits per heavy atom. The number of hydrogen-bond acceptors (Lipinski definition) is 3. The smallest absolute Gasteiger partial charge is 0.237 e. The van der Waals surface area contributed by atoms with Gasteiger partial charge in [-0.3, -0.25) is 14.5 Å². The van der Waals surface area contributed by atoms with Crippen LogP contribution in [0.2, 0.25) is 0 Å². The SMILES string of the molecule is CC(=O)N1CCN(C(C)C(=O)NCc2ccccc2F)CC1. The van der Waals surface area contributed by atoms with Crippen molar-refractivity contribution in [3.8, 4) is 0 Å². The maximum atomic E-state index is 13.5. The number of carbonyl (C=O) groups excluding carboxylic acids is 2. The molecule has 120 valence electrons. The molecule has 1 heterocycles. The van der Waals surface area contributed by atoms with Crippen molar-refractivity contribution in [1.29, 1.82) is 0 Å². The summed E-state index contributed by atoms with van der Waals surface area (Å²) in [6.45, 7) is 6.20. The van der Waals surface area contributed by atoms with E-state index >= 15 is 0 Å². The van der Waals surface area contributed by atoms with Crippen LogP contribution in [0.1, 0.15) is 19.4 Å². The van der Waals surface area contributed by atoms with Crippen LogP contribution in [-0.2, 0) is 16.1 Å². The molecule has 1 aromatic carbocycles. The standard InChI is InChI=1S/C16H22FN3O2/c1-12(19-7-9-20(10-8-19)13(2)21)16(22)18-11-14-5-3-4-6-15(14)17/h3-6,12H,7-11H2,1-2H3,(H,18,22). The van der Waals surface area contributed by atoms with Gasteiger partial charge >= 0.3 is 0 Å². The summed E-state index contributed by atoms with van der Waals surface area (Å²) in [5.74, 6) is -0.374. The molecule has 1 N–H and O–H groups in total. The zero-order valence-corrected chi connectivity index (χ0v) is 13.0. The maximum absolute atomic E-state index is 13.5. The first kappa shape index (κ1) is 16.4. The second kappa shape index (κ2) is 7.35. The molecule has 6 heteroatoms. The normalized spacial score (nSPS) is 17.1. The quantitative estimate of drug-likeness (QED) is 0.903. The van der Waals surface area contributed by atoms with Gasteiger partial charge in [0.1, 0.15) is 5.82 Å². The molecule has 1 fully saturated rings. The highest BCUT2D eigenvalue weighted by Crippen LogP contribution is 2.09. The van der Waals surface area contributed by atoms with Gasteiger partial charge in [0.25, 0.3) is 0 Å². The Bertz CT molecular complexity index is 542. The lowest BCUT2D eigenvalue weighted by atomic mass is 10.2. The van der Waals surface area contributed by atoms with Gasteiger partial charge in [-0.25, -0.2) is 4.39 Å². The van der Waals surface area contributed by atoms with Crippen LogP contribution >= 0.6 is 0 Å². The van der Waals surface area contributed by atoms with Crippen LogP contribution in [0.15, 0.2) is 24.3 Å². The summed E-state index contributed by atoms with van der Waals surface area (Å²) in [5, 5.41) is 2.77. The molecule has 0 saturated carbocycles. The summed E-state index contributed by atoms with van der Waals surface area (Å²) < 4.78 is 13.5. The van der Waals surface area contributed by atoms with Crippen molar-refractivity contribution >= 4 is 11.8 Å². The summed E-state index contributed by atoms with van der Waals surface area (Å²) in [6.07, 6.45) is 0. The monoisotopic (exact) mass is 307 g/mol. The molecule has 1 aliphatic rings. The lowest BCUT2D eigenvalue weighted by Gasteiger charge is -2.37. The lowest BCUT2D eigenvalue weighted by molar-refractivity contribution is -0.132. The van der Waals surface area contributed by atoms with Gasteiger partial charge in [0.05, 0.1) is 6.04 Å². The Labute approximate surface area is 130 Å². The van der Waals surface area contributed by atoms with Crippen LogP contribution in [0.5, 0.6) is 0 Å². The topological polar surface area (TPSA) is 52.7 Å². The number of halogens is 1. The number of amides is 2. The maximum Gasteiger partial charge on any atom is 0.237 e. The highest BCUT2D eigenvalue weighted by atomic mass is 19.1. The van der Waals surface area contributed by atoms with Gasteiger partial charge < -0.3 is 10.2 Å². The van der Waals surface area contributed by atoms with E-state index in [1.165, 1.54) is 6.07 Å². The Morgan fingerprint density at radius 3 is 2.45 bits per heavy atom. The molecule has 0 aromatic heterocycles. The van der Waals surface area contributed by atoms with Crippen LogP contribution in [-0.4, -0.2) is 53.8 Å². The summed E-state index contributed by atoms with van der Waals surface area (Å²) in [4.78, 5) is 27.3. The van der Waals surface area contributed by atoms with E-state index in [1.54, 1.807) is 30.0 Å². The molecule has 2 amide bonds. The fourth-order valence-electron chi connectivity index (χ4n) is 2.56. The number of nitrogens with one attached hydrogen (secondary N) is 1. The minimum atomic E-state index is -0.314. The van der Waals surface area contributed by atoms with E-state index in [0.29, 0.717) is 31.7 Å². The first-order valence-electron chi connectivity index (χ1n) is 7.49. The number of nitrogens with zero attached hydrogens (tertiary/aromatic N) is 2. The molecule has 5 nitrogen and oxygen atoms in total. The molecule has 22 heavy (non-hydrogen) atoms. The second-order valence-corrected chi connectivity index (χ2v) is 5.53. The average Bonchev–Trinajstić information content (AvgIpc) is 2.53. The molecule has 1 atom stereocenters. The van der Waals surface area contributed by atoms with E-state index in [1.807, 2.05) is 11.8 Å². The van der Waals surface area contributed by atoms with Crippen molar-refractivity contribution in [3.63, 3.8) is 0 Å². The average molecular weight is 307 g/mol. The Kier molecular flexibility index (Phi) is 5.49. The molecule has 2 rings (SSSR count). The summed E-state index contributed by atoms with van der Waals surface area (Å²) in [5.41, 5.74) is 0.476. The largest absolute Gasteiger partial charge is 0.351 e. The number of carbonyl (C=O) groups is 2. The van der Waals surface area contributed by atoms with Crippen LogP contribution in [0.4, 0.5) is 4.39 Å². The summed E-state index contributed by atoms with van der Waals surface area (Å²) >= 11 is 0. The first-order valence-corrected chi connectivity index (χ1v) is 7.49. The van der Waals surface area contributed by atoms with Gasteiger partial charge in [-0.15, -0.1) is 0 Å². The Balaban J connectivity index is 1.83. The minimum absolute atomic E-state index is 0.0660. The van der Waals surface area contributed by atoms with Gasteiger partial charge in [-0.1, -0.05) is 18.2 Å². The van der Waals surface area contributed by atoms with E-state index in [0.717, 1.165) is 0 Å². The van der Waals surface area contributed by atoms with Crippen LogP contribution < -0.4 is 5.32 Å². The molecule has 0 aliphatic carbocycles. The Hall–Kier alpha value is -1.95. The first-order chi connectivity index (χ1) is 10.5. The predicted molar refractivity (Wildman–Crippen MR) is 81.5 cm³/mol. The third kappa shape index (κ3) is 4.04. The zero-order valence-electron chi connectivity index (χ0n) is 13.0. The summed E-state index contributed by atoms with van der Waals surface area (Å²) in [7, 11) is 0. The molecule has 1 aromatic rings.